The van der Waals surface area contributed by atoms with Gasteiger partial charge in [-0.15, -0.1) is 24.0 Å². The summed E-state index contributed by atoms with van der Waals surface area (Å²) in [7, 11) is 3.32. The molecule has 0 aromatic heterocycles. The molecule has 1 aliphatic rings. The number of fused-ring (bicyclic) bond motifs is 1. The number of guanidine groups is 1. The van der Waals surface area contributed by atoms with Crippen LogP contribution >= 0.6 is 24.0 Å². The lowest BCUT2D eigenvalue weighted by Gasteiger charge is -2.28. The van der Waals surface area contributed by atoms with Crippen molar-refractivity contribution in [2.24, 2.45) is 4.99 Å². The minimum absolute atomic E-state index is 0. The van der Waals surface area contributed by atoms with E-state index in [1.807, 2.05) is 18.2 Å². The fraction of sp³-hybridized carbons (Fsp3) is 0.435. The van der Waals surface area contributed by atoms with Gasteiger partial charge in [-0.2, -0.15) is 0 Å². The van der Waals surface area contributed by atoms with E-state index in [4.69, 9.17) is 14.5 Å². The SMILES string of the molecule is CCNC(=NCc1ccc(OC)cc1OC)NCCN1CCc2ccccc2C1.I. The van der Waals surface area contributed by atoms with Crippen molar-refractivity contribution in [3.8, 4) is 11.5 Å². The zero-order valence-electron chi connectivity index (χ0n) is 18.1. The van der Waals surface area contributed by atoms with Crippen LogP contribution in [0.2, 0.25) is 0 Å². The van der Waals surface area contributed by atoms with Crippen molar-refractivity contribution in [2.75, 3.05) is 40.4 Å². The number of halogens is 1. The summed E-state index contributed by atoms with van der Waals surface area (Å²) in [5.74, 6) is 2.39. The van der Waals surface area contributed by atoms with Crippen LogP contribution in [0.4, 0.5) is 0 Å². The summed E-state index contributed by atoms with van der Waals surface area (Å²) in [5.41, 5.74) is 3.96. The molecule has 2 aromatic rings. The number of ether oxygens (including phenoxy) is 2. The van der Waals surface area contributed by atoms with E-state index in [9.17, 15) is 0 Å². The molecule has 0 radical (unpaired) electrons. The van der Waals surface area contributed by atoms with Crippen molar-refractivity contribution in [2.45, 2.75) is 26.4 Å². The second-order valence-corrected chi connectivity index (χ2v) is 7.09. The van der Waals surface area contributed by atoms with E-state index in [0.29, 0.717) is 6.54 Å². The fourth-order valence-corrected chi connectivity index (χ4v) is 3.57. The van der Waals surface area contributed by atoms with Crippen LogP contribution in [0, 0.1) is 0 Å². The Morgan fingerprint density at radius 3 is 2.60 bits per heavy atom. The molecular weight excluding hydrogens is 491 g/mol. The Hall–Kier alpha value is -2.00. The molecule has 30 heavy (non-hydrogen) atoms. The van der Waals surface area contributed by atoms with E-state index in [2.05, 4.69) is 46.7 Å². The molecule has 164 valence electrons. The number of nitrogens with zero attached hydrogens (tertiary/aromatic N) is 2. The molecule has 7 heteroatoms. The van der Waals surface area contributed by atoms with E-state index >= 15 is 0 Å². The van der Waals surface area contributed by atoms with Gasteiger partial charge in [-0.3, -0.25) is 4.90 Å². The molecule has 6 nitrogen and oxygen atoms in total. The maximum atomic E-state index is 5.47. The van der Waals surface area contributed by atoms with Crippen LogP contribution in [-0.2, 0) is 19.5 Å². The van der Waals surface area contributed by atoms with Crippen LogP contribution in [0.1, 0.15) is 23.6 Å². The third kappa shape index (κ3) is 6.77. The average Bonchev–Trinajstić information content (AvgIpc) is 2.77. The van der Waals surface area contributed by atoms with Gasteiger partial charge in [-0.25, -0.2) is 4.99 Å². The third-order valence-electron chi connectivity index (χ3n) is 5.18. The predicted octanol–water partition coefficient (Wildman–Crippen LogP) is 3.44. The van der Waals surface area contributed by atoms with Crippen LogP contribution in [0.3, 0.4) is 0 Å². The Bertz CT molecular complexity index is 829. The van der Waals surface area contributed by atoms with Crippen LogP contribution in [0.15, 0.2) is 47.5 Å². The maximum absolute atomic E-state index is 5.47. The average molecular weight is 524 g/mol. The lowest BCUT2D eigenvalue weighted by Crippen LogP contribution is -2.42. The Morgan fingerprint density at radius 1 is 1.07 bits per heavy atom. The van der Waals surface area contributed by atoms with Gasteiger partial charge >= 0.3 is 0 Å². The quantitative estimate of drug-likeness (QED) is 0.315. The summed E-state index contributed by atoms with van der Waals surface area (Å²) >= 11 is 0. The summed E-state index contributed by atoms with van der Waals surface area (Å²) in [4.78, 5) is 7.21. The van der Waals surface area contributed by atoms with Crippen LogP contribution in [0.5, 0.6) is 11.5 Å². The van der Waals surface area contributed by atoms with Gasteiger partial charge in [0.25, 0.3) is 0 Å². The van der Waals surface area contributed by atoms with Gasteiger partial charge < -0.3 is 20.1 Å². The Labute approximate surface area is 197 Å². The zero-order valence-corrected chi connectivity index (χ0v) is 20.4. The van der Waals surface area contributed by atoms with Gasteiger partial charge in [0.2, 0.25) is 0 Å². The fourth-order valence-electron chi connectivity index (χ4n) is 3.57. The predicted molar refractivity (Wildman–Crippen MR) is 133 cm³/mol. The molecule has 2 aromatic carbocycles. The number of benzene rings is 2. The van der Waals surface area contributed by atoms with Gasteiger partial charge in [0.1, 0.15) is 11.5 Å². The first kappa shape index (κ1) is 24.3. The van der Waals surface area contributed by atoms with Crippen LogP contribution in [-0.4, -0.2) is 51.3 Å². The van der Waals surface area contributed by atoms with E-state index in [1.54, 1.807) is 14.2 Å². The number of methoxy groups -OCH3 is 2. The summed E-state index contributed by atoms with van der Waals surface area (Å²) in [6, 6.07) is 14.6. The summed E-state index contributed by atoms with van der Waals surface area (Å²) < 4.78 is 10.7. The summed E-state index contributed by atoms with van der Waals surface area (Å²) in [5, 5.41) is 6.78. The van der Waals surface area contributed by atoms with Crippen LogP contribution in [0.25, 0.3) is 0 Å². The van der Waals surface area contributed by atoms with Gasteiger partial charge in [0.05, 0.1) is 20.8 Å². The van der Waals surface area contributed by atoms with Crippen molar-refractivity contribution >= 4 is 29.9 Å². The van der Waals surface area contributed by atoms with E-state index in [1.165, 1.54) is 11.1 Å². The number of hydrogen-bond donors (Lipinski definition) is 2. The van der Waals surface area contributed by atoms with Crippen molar-refractivity contribution < 1.29 is 9.47 Å². The largest absolute Gasteiger partial charge is 0.497 e. The van der Waals surface area contributed by atoms with E-state index in [-0.39, 0.29) is 24.0 Å². The lowest BCUT2D eigenvalue weighted by atomic mass is 10.00. The molecule has 2 N–H and O–H groups in total. The minimum atomic E-state index is 0. The number of nitrogens with one attached hydrogen (secondary N) is 2. The molecule has 0 bridgehead atoms. The molecule has 1 aliphatic heterocycles. The standard InChI is InChI=1S/C23H32N4O2.HI/c1-4-24-23(26-16-19-9-10-21(28-2)15-22(19)29-3)25-12-14-27-13-11-18-7-5-6-8-20(18)17-27;/h5-10,15H,4,11-14,16-17H2,1-3H3,(H2,24,25,26);1H. The monoisotopic (exact) mass is 524 g/mol. The highest BCUT2D eigenvalue weighted by Crippen LogP contribution is 2.25. The molecule has 0 atom stereocenters. The zero-order chi connectivity index (χ0) is 20.5. The van der Waals surface area contributed by atoms with Crippen molar-refractivity contribution in [1.29, 1.82) is 0 Å². The Morgan fingerprint density at radius 2 is 1.87 bits per heavy atom. The molecule has 0 unspecified atom stereocenters. The summed E-state index contributed by atoms with van der Waals surface area (Å²) in [6.07, 6.45) is 1.13. The normalized spacial score (nSPS) is 13.8. The molecule has 0 fully saturated rings. The van der Waals surface area contributed by atoms with E-state index < -0.39 is 0 Å². The molecule has 3 rings (SSSR count). The molecule has 0 aliphatic carbocycles. The van der Waals surface area contributed by atoms with Crippen molar-refractivity contribution in [3.05, 3.63) is 59.2 Å². The van der Waals surface area contributed by atoms with Gasteiger partial charge in [-0.1, -0.05) is 24.3 Å². The van der Waals surface area contributed by atoms with Gasteiger partial charge in [0, 0.05) is 44.4 Å². The second-order valence-electron chi connectivity index (χ2n) is 7.09. The first-order valence-electron chi connectivity index (χ1n) is 10.3. The second kappa shape index (κ2) is 12.6. The first-order chi connectivity index (χ1) is 14.2. The Balaban J connectivity index is 0.00000320. The highest BCUT2D eigenvalue weighted by molar-refractivity contribution is 14.0. The number of rotatable bonds is 8. The smallest absolute Gasteiger partial charge is 0.191 e. The molecule has 1 heterocycles. The van der Waals surface area contributed by atoms with Gasteiger partial charge in [0.15, 0.2) is 5.96 Å². The highest BCUT2D eigenvalue weighted by atomic mass is 127. The van der Waals surface area contributed by atoms with Gasteiger partial charge in [-0.05, 0) is 36.6 Å². The lowest BCUT2D eigenvalue weighted by molar-refractivity contribution is 0.258. The first-order valence-corrected chi connectivity index (χ1v) is 10.3. The number of hydrogen-bond acceptors (Lipinski definition) is 4. The highest BCUT2D eigenvalue weighted by Gasteiger charge is 2.15. The molecule has 0 saturated heterocycles. The molecule has 0 saturated carbocycles. The van der Waals surface area contributed by atoms with Crippen molar-refractivity contribution in [1.82, 2.24) is 15.5 Å². The topological polar surface area (TPSA) is 58.1 Å². The Kier molecular flexibility index (Phi) is 10.2. The third-order valence-corrected chi connectivity index (χ3v) is 5.18. The van der Waals surface area contributed by atoms with Crippen LogP contribution < -0.4 is 20.1 Å². The van der Waals surface area contributed by atoms with Crippen molar-refractivity contribution in [3.63, 3.8) is 0 Å². The van der Waals surface area contributed by atoms with E-state index in [0.717, 1.165) is 62.2 Å². The number of aliphatic imine (C=N–C) groups is 1. The molecular formula is C23H33IN4O2. The minimum Gasteiger partial charge on any atom is -0.497 e. The summed E-state index contributed by atoms with van der Waals surface area (Å²) in [6.45, 7) is 7.41. The maximum Gasteiger partial charge on any atom is 0.191 e. The molecule has 0 spiro atoms. The molecule has 0 amide bonds.